The molecule has 0 saturated carbocycles. The van der Waals surface area contributed by atoms with Crippen LogP contribution in [0, 0.1) is 12.8 Å². The SMILES string of the molecule is Cc1cnc(S(N)(=O)=NC(=O)[C@H](CC(C)C)NC(=O)OC(C)(C)C)s1. The van der Waals surface area contributed by atoms with E-state index in [1.165, 1.54) is 6.20 Å². The Balaban J connectivity index is 3.02. The molecule has 8 nitrogen and oxygen atoms in total. The van der Waals surface area contributed by atoms with Gasteiger partial charge in [-0.2, -0.15) is 0 Å². The second-order valence-electron chi connectivity index (χ2n) is 7.06. The van der Waals surface area contributed by atoms with Gasteiger partial charge < -0.3 is 10.1 Å². The molecule has 0 saturated heterocycles. The van der Waals surface area contributed by atoms with Crippen LogP contribution in [-0.2, 0) is 19.4 Å². The van der Waals surface area contributed by atoms with E-state index < -0.39 is 33.6 Å². The van der Waals surface area contributed by atoms with E-state index in [0.717, 1.165) is 16.2 Å². The maximum atomic E-state index is 12.5. The van der Waals surface area contributed by atoms with Gasteiger partial charge in [-0.15, -0.1) is 15.7 Å². The second-order valence-corrected chi connectivity index (χ2v) is 10.3. The number of aromatic nitrogens is 1. The van der Waals surface area contributed by atoms with Crippen molar-refractivity contribution in [1.29, 1.82) is 0 Å². The predicted molar refractivity (Wildman–Crippen MR) is 97.5 cm³/mol. The summed E-state index contributed by atoms with van der Waals surface area (Å²) >= 11 is 1.11. The van der Waals surface area contributed by atoms with Crippen LogP contribution >= 0.6 is 11.3 Å². The van der Waals surface area contributed by atoms with Gasteiger partial charge in [0.05, 0.1) is 0 Å². The van der Waals surface area contributed by atoms with Crippen molar-refractivity contribution >= 4 is 33.3 Å². The number of nitrogens with two attached hydrogens (primary N) is 1. The van der Waals surface area contributed by atoms with E-state index in [2.05, 4.69) is 14.7 Å². The van der Waals surface area contributed by atoms with E-state index in [1.54, 1.807) is 27.7 Å². The Labute approximate surface area is 152 Å². The molecule has 0 spiro atoms. The lowest BCUT2D eigenvalue weighted by atomic mass is 10.0. The zero-order chi connectivity index (χ0) is 19.4. The molecular formula is C15H26N4O4S2. The van der Waals surface area contributed by atoms with Gasteiger partial charge in [0, 0.05) is 11.1 Å². The van der Waals surface area contributed by atoms with Gasteiger partial charge in [-0.1, -0.05) is 13.8 Å². The van der Waals surface area contributed by atoms with Gasteiger partial charge in [0.15, 0.2) is 9.92 Å². The first-order valence-electron chi connectivity index (χ1n) is 7.81. The standard InChI is InChI=1S/C15H26N4O4S2/c1-9(2)7-11(18-13(21)23-15(4,5)6)12(20)19-25(16,22)14-17-8-10(3)24-14/h8-9,11H,7H2,1-6H3,(H,18,21)(H2,16,19,20,22)/t11-,25?/m0/s1. The number of rotatable bonds is 5. The molecule has 0 radical (unpaired) electrons. The minimum atomic E-state index is -3.45. The number of nitrogens with zero attached hydrogens (tertiary/aromatic N) is 2. The third-order valence-electron chi connectivity index (χ3n) is 2.77. The maximum Gasteiger partial charge on any atom is 0.408 e. The lowest BCUT2D eigenvalue weighted by Crippen LogP contribution is -2.44. The molecule has 0 bridgehead atoms. The van der Waals surface area contributed by atoms with Crippen molar-refractivity contribution in [3.05, 3.63) is 11.1 Å². The smallest absolute Gasteiger partial charge is 0.408 e. The fourth-order valence-corrected chi connectivity index (χ4v) is 3.99. The molecule has 3 N–H and O–H groups in total. The molecule has 25 heavy (non-hydrogen) atoms. The second kappa shape index (κ2) is 8.24. The van der Waals surface area contributed by atoms with E-state index in [1.807, 2.05) is 13.8 Å². The van der Waals surface area contributed by atoms with Gasteiger partial charge in [0.1, 0.15) is 11.6 Å². The molecule has 0 aromatic carbocycles. The summed E-state index contributed by atoms with van der Waals surface area (Å²) in [5.74, 6) is -0.671. The number of alkyl carbamates (subject to hydrolysis) is 1. The quantitative estimate of drug-likeness (QED) is 0.800. The van der Waals surface area contributed by atoms with Crippen LogP contribution in [0.3, 0.4) is 0 Å². The number of aryl methyl sites for hydroxylation is 1. The molecule has 0 fully saturated rings. The van der Waals surface area contributed by atoms with Crippen molar-refractivity contribution in [2.24, 2.45) is 15.4 Å². The Morgan fingerprint density at radius 1 is 1.44 bits per heavy atom. The van der Waals surface area contributed by atoms with E-state index in [9.17, 15) is 13.8 Å². The van der Waals surface area contributed by atoms with Crippen LogP contribution in [0.1, 0.15) is 45.9 Å². The van der Waals surface area contributed by atoms with Crippen molar-refractivity contribution in [2.75, 3.05) is 0 Å². The lowest BCUT2D eigenvalue weighted by molar-refractivity contribution is -0.120. The number of nitrogens with one attached hydrogen (secondary N) is 1. The van der Waals surface area contributed by atoms with Gasteiger partial charge >= 0.3 is 6.09 Å². The van der Waals surface area contributed by atoms with E-state index in [-0.39, 0.29) is 10.3 Å². The highest BCUT2D eigenvalue weighted by Gasteiger charge is 2.26. The summed E-state index contributed by atoms with van der Waals surface area (Å²) in [4.78, 5) is 29.1. The number of thiazole rings is 1. The normalized spacial score (nSPS) is 15.4. The van der Waals surface area contributed by atoms with Crippen LogP contribution in [-0.4, -0.2) is 32.8 Å². The summed E-state index contributed by atoms with van der Waals surface area (Å²) < 4.78 is 21.4. The molecule has 2 amide bonds. The van der Waals surface area contributed by atoms with Crippen molar-refractivity contribution in [2.45, 2.75) is 63.9 Å². The maximum absolute atomic E-state index is 12.5. The van der Waals surface area contributed by atoms with Crippen LogP contribution in [0.25, 0.3) is 0 Å². The van der Waals surface area contributed by atoms with Gasteiger partial charge in [-0.25, -0.2) is 19.1 Å². The first-order valence-corrected chi connectivity index (χ1v) is 10.2. The topological polar surface area (TPSA) is 124 Å². The number of hydrogen-bond donors (Lipinski definition) is 2. The molecule has 0 aliphatic carbocycles. The third kappa shape index (κ3) is 7.49. The van der Waals surface area contributed by atoms with E-state index in [4.69, 9.17) is 9.88 Å². The summed E-state index contributed by atoms with van der Waals surface area (Å²) in [6, 6.07) is -0.972. The zero-order valence-electron chi connectivity index (χ0n) is 15.4. The van der Waals surface area contributed by atoms with Gasteiger partial charge in [-0.3, -0.25) is 4.79 Å². The average Bonchev–Trinajstić information content (AvgIpc) is 2.82. The number of carbonyl (C=O) groups excluding carboxylic acids is 2. The number of carbonyl (C=O) groups is 2. The third-order valence-corrected chi connectivity index (χ3v) is 5.50. The van der Waals surface area contributed by atoms with Crippen LogP contribution in [0.2, 0.25) is 0 Å². The molecule has 0 aliphatic heterocycles. The van der Waals surface area contributed by atoms with E-state index in [0.29, 0.717) is 6.42 Å². The minimum Gasteiger partial charge on any atom is -0.444 e. The zero-order valence-corrected chi connectivity index (χ0v) is 17.0. The molecule has 0 aliphatic rings. The minimum absolute atomic E-state index is 0.0823. The predicted octanol–water partition coefficient (Wildman–Crippen LogP) is 2.62. The highest BCUT2D eigenvalue weighted by molar-refractivity contribution is 7.93. The molecule has 1 unspecified atom stereocenters. The highest BCUT2D eigenvalue weighted by Crippen LogP contribution is 2.18. The van der Waals surface area contributed by atoms with Crippen LogP contribution in [0.5, 0.6) is 0 Å². The Kier molecular flexibility index (Phi) is 7.09. The molecule has 1 heterocycles. The van der Waals surface area contributed by atoms with Gasteiger partial charge in [0.25, 0.3) is 5.91 Å². The van der Waals surface area contributed by atoms with Crippen molar-refractivity contribution in [1.82, 2.24) is 10.3 Å². The van der Waals surface area contributed by atoms with Crippen LogP contribution in [0.4, 0.5) is 4.79 Å². The van der Waals surface area contributed by atoms with Crippen molar-refractivity contribution in [3.63, 3.8) is 0 Å². The Bertz CT molecular complexity index is 743. The molecule has 142 valence electrons. The Morgan fingerprint density at radius 3 is 2.48 bits per heavy atom. The fourth-order valence-electron chi connectivity index (χ4n) is 1.85. The molecule has 1 aromatic heterocycles. The lowest BCUT2D eigenvalue weighted by Gasteiger charge is -2.23. The highest BCUT2D eigenvalue weighted by atomic mass is 32.2. The summed E-state index contributed by atoms with van der Waals surface area (Å²) in [5, 5.41) is 8.18. The van der Waals surface area contributed by atoms with Crippen molar-refractivity contribution < 1.29 is 18.5 Å². The Hall–Kier alpha value is -1.52. The molecule has 1 aromatic rings. The van der Waals surface area contributed by atoms with Crippen LogP contribution in [0.15, 0.2) is 14.9 Å². The number of hydrogen-bond acceptors (Lipinski definition) is 6. The largest absolute Gasteiger partial charge is 0.444 e. The summed E-state index contributed by atoms with van der Waals surface area (Å²) in [6.07, 6.45) is 1.08. The van der Waals surface area contributed by atoms with Gasteiger partial charge in [0.2, 0.25) is 4.34 Å². The number of amides is 2. The van der Waals surface area contributed by atoms with E-state index >= 15 is 0 Å². The average molecular weight is 391 g/mol. The summed E-state index contributed by atoms with van der Waals surface area (Å²) in [6.45, 7) is 10.7. The fraction of sp³-hybridized carbons (Fsp3) is 0.667. The summed E-state index contributed by atoms with van der Waals surface area (Å²) in [7, 11) is -3.45. The Morgan fingerprint density at radius 2 is 2.04 bits per heavy atom. The summed E-state index contributed by atoms with van der Waals surface area (Å²) in [5.41, 5.74) is -0.702. The first kappa shape index (κ1) is 21.5. The molecule has 10 heteroatoms. The molecular weight excluding hydrogens is 364 g/mol. The molecule has 1 rings (SSSR count). The first-order chi connectivity index (χ1) is 11.3. The number of ether oxygens (including phenoxy) is 1. The monoisotopic (exact) mass is 390 g/mol. The van der Waals surface area contributed by atoms with Crippen LogP contribution < -0.4 is 10.5 Å². The van der Waals surface area contributed by atoms with Gasteiger partial charge in [-0.05, 0) is 40.0 Å². The molecule has 2 atom stereocenters. The van der Waals surface area contributed by atoms with Crippen molar-refractivity contribution in [3.8, 4) is 0 Å².